The number of methoxy groups -OCH3 is 1. The van der Waals surface area contributed by atoms with Crippen LogP contribution in [-0.2, 0) is 4.79 Å². The molecule has 0 unspecified atom stereocenters. The average molecular weight is 400 g/mol. The molecule has 144 valence electrons. The zero-order chi connectivity index (χ0) is 20.3. The Balaban J connectivity index is 1.88. The van der Waals surface area contributed by atoms with Crippen molar-refractivity contribution in [1.82, 2.24) is 15.0 Å². The Morgan fingerprint density at radius 2 is 1.89 bits per heavy atom. The number of aromatic nitrogens is 3. The van der Waals surface area contributed by atoms with Crippen LogP contribution in [0.4, 0.5) is 11.4 Å². The summed E-state index contributed by atoms with van der Waals surface area (Å²) in [7, 11) is 1.49. The van der Waals surface area contributed by atoms with Crippen molar-refractivity contribution in [2.75, 3.05) is 17.7 Å². The Kier molecular flexibility index (Phi) is 5.60. The molecule has 8 nitrogen and oxygen atoms in total. The number of anilines is 2. The van der Waals surface area contributed by atoms with E-state index in [4.69, 9.17) is 16.3 Å². The molecule has 0 aliphatic rings. The summed E-state index contributed by atoms with van der Waals surface area (Å²) >= 11 is 6.00. The van der Waals surface area contributed by atoms with Crippen LogP contribution in [0.15, 0.2) is 42.5 Å². The van der Waals surface area contributed by atoms with Gasteiger partial charge in [-0.25, -0.2) is 0 Å². The summed E-state index contributed by atoms with van der Waals surface area (Å²) in [6.45, 7) is 3.09. The lowest BCUT2D eigenvalue weighted by Gasteiger charge is -2.11. The molecule has 0 saturated carbocycles. The summed E-state index contributed by atoms with van der Waals surface area (Å²) in [4.78, 5) is 25.4. The molecule has 3 aromatic rings. The predicted octanol–water partition coefficient (Wildman–Crippen LogP) is 3.45. The third-order valence-electron chi connectivity index (χ3n) is 3.80. The van der Waals surface area contributed by atoms with Gasteiger partial charge in [0.05, 0.1) is 24.2 Å². The average Bonchev–Trinajstić information content (AvgIpc) is 3.03. The first-order valence-corrected chi connectivity index (χ1v) is 8.72. The maximum Gasteiger partial charge on any atom is 0.278 e. The molecule has 28 heavy (non-hydrogen) atoms. The topological polar surface area (TPSA) is 98.1 Å². The third kappa shape index (κ3) is 4.29. The Morgan fingerprint density at radius 3 is 2.57 bits per heavy atom. The molecule has 3 rings (SSSR count). The van der Waals surface area contributed by atoms with Crippen molar-refractivity contribution < 1.29 is 14.3 Å². The molecule has 0 aliphatic heterocycles. The van der Waals surface area contributed by atoms with Gasteiger partial charge in [-0.05, 0) is 43.3 Å². The van der Waals surface area contributed by atoms with Gasteiger partial charge < -0.3 is 15.4 Å². The summed E-state index contributed by atoms with van der Waals surface area (Å²) in [6, 6.07) is 11.9. The van der Waals surface area contributed by atoms with Crippen molar-refractivity contribution in [2.45, 2.75) is 13.8 Å². The molecule has 0 bridgehead atoms. The monoisotopic (exact) mass is 399 g/mol. The molecule has 9 heteroatoms. The van der Waals surface area contributed by atoms with Crippen molar-refractivity contribution in [3.63, 3.8) is 0 Å². The Hall–Kier alpha value is -3.39. The van der Waals surface area contributed by atoms with Crippen LogP contribution in [0.1, 0.15) is 23.1 Å². The summed E-state index contributed by atoms with van der Waals surface area (Å²) in [5.41, 5.74) is 2.18. The van der Waals surface area contributed by atoms with Crippen LogP contribution in [0.3, 0.4) is 0 Å². The minimum absolute atomic E-state index is 0.159. The molecule has 0 spiro atoms. The molecule has 0 aliphatic carbocycles. The van der Waals surface area contributed by atoms with Crippen molar-refractivity contribution in [3.05, 3.63) is 58.9 Å². The van der Waals surface area contributed by atoms with E-state index in [1.54, 1.807) is 49.4 Å². The second-order valence-corrected chi connectivity index (χ2v) is 6.39. The normalized spacial score (nSPS) is 10.4. The van der Waals surface area contributed by atoms with Gasteiger partial charge in [0.2, 0.25) is 5.91 Å². The summed E-state index contributed by atoms with van der Waals surface area (Å²) in [6.07, 6.45) is 0. The van der Waals surface area contributed by atoms with Gasteiger partial charge in [0.15, 0.2) is 5.69 Å². The highest BCUT2D eigenvalue weighted by Crippen LogP contribution is 2.28. The smallest absolute Gasteiger partial charge is 0.278 e. The minimum atomic E-state index is -0.455. The van der Waals surface area contributed by atoms with Crippen LogP contribution < -0.4 is 15.4 Å². The molecule has 2 N–H and O–H groups in total. The van der Waals surface area contributed by atoms with Gasteiger partial charge in [-0.2, -0.15) is 9.90 Å². The van der Waals surface area contributed by atoms with Gasteiger partial charge in [-0.15, -0.1) is 5.10 Å². The summed E-state index contributed by atoms with van der Waals surface area (Å²) < 4.78 is 5.28. The van der Waals surface area contributed by atoms with Gasteiger partial charge >= 0.3 is 0 Å². The number of nitrogens with zero attached hydrogens (tertiary/aromatic N) is 3. The largest absolute Gasteiger partial charge is 0.495 e. The molecule has 2 amide bonds. The molecule has 0 radical (unpaired) electrons. The lowest BCUT2D eigenvalue weighted by molar-refractivity contribution is -0.114. The van der Waals surface area contributed by atoms with Crippen molar-refractivity contribution in [3.8, 4) is 11.4 Å². The molecular weight excluding hydrogens is 382 g/mol. The lowest BCUT2D eigenvalue weighted by Crippen LogP contribution is -2.15. The third-order valence-corrected chi connectivity index (χ3v) is 4.04. The highest BCUT2D eigenvalue weighted by atomic mass is 35.5. The van der Waals surface area contributed by atoms with E-state index < -0.39 is 5.91 Å². The van der Waals surface area contributed by atoms with Crippen molar-refractivity contribution in [2.24, 2.45) is 0 Å². The fourth-order valence-electron chi connectivity index (χ4n) is 2.57. The van der Waals surface area contributed by atoms with Crippen molar-refractivity contribution in [1.29, 1.82) is 0 Å². The van der Waals surface area contributed by atoms with E-state index in [2.05, 4.69) is 20.8 Å². The van der Waals surface area contributed by atoms with E-state index in [-0.39, 0.29) is 11.6 Å². The lowest BCUT2D eigenvalue weighted by atomic mass is 10.2. The number of aryl methyl sites for hydroxylation is 1. The minimum Gasteiger partial charge on any atom is -0.495 e. The standard InChI is InChI=1S/C19H18ClN5O3/c1-11-18(24-25(23-11)15-6-4-5-13(20)9-15)19(27)22-16-10-14(21-12(2)26)7-8-17(16)28-3/h4-10H,1-3H3,(H,21,26)(H,22,27). The highest BCUT2D eigenvalue weighted by Gasteiger charge is 2.18. The SMILES string of the molecule is COc1ccc(NC(C)=O)cc1NC(=O)c1nn(-c2cccc(Cl)c2)nc1C. The molecule has 0 fully saturated rings. The molecule has 0 atom stereocenters. The number of rotatable bonds is 5. The first kappa shape index (κ1) is 19.4. The van der Waals surface area contributed by atoms with Gasteiger partial charge in [0, 0.05) is 17.6 Å². The summed E-state index contributed by atoms with van der Waals surface area (Å²) in [5, 5.41) is 14.5. The molecule has 1 aromatic heterocycles. The second-order valence-electron chi connectivity index (χ2n) is 5.95. The first-order valence-electron chi connectivity index (χ1n) is 8.34. The Labute approximate surface area is 166 Å². The molecule has 2 aromatic carbocycles. The molecule has 1 heterocycles. The van der Waals surface area contributed by atoms with Crippen LogP contribution in [0.2, 0.25) is 5.02 Å². The number of carbonyl (C=O) groups is 2. The maximum atomic E-state index is 12.8. The van der Waals surface area contributed by atoms with Crippen molar-refractivity contribution >= 4 is 34.8 Å². The quantitative estimate of drug-likeness (QED) is 0.684. The van der Waals surface area contributed by atoms with E-state index in [1.807, 2.05) is 0 Å². The predicted molar refractivity (Wildman–Crippen MR) is 106 cm³/mol. The van der Waals surface area contributed by atoms with Crippen LogP contribution in [0, 0.1) is 6.92 Å². The Morgan fingerprint density at radius 1 is 1.11 bits per heavy atom. The number of benzene rings is 2. The number of hydrogen-bond acceptors (Lipinski definition) is 5. The zero-order valence-electron chi connectivity index (χ0n) is 15.5. The molecule has 0 saturated heterocycles. The highest BCUT2D eigenvalue weighted by molar-refractivity contribution is 6.30. The van der Waals surface area contributed by atoms with E-state index in [9.17, 15) is 9.59 Å². The van der Waals surface area contributed by atoms with Crippen LogP contribution >= 0.6 is 11.6 Å². The van der Waals surface area contributed by atoms with Gasteiger partial charge in [0.25, 0.3) is 5.91 Å². The fourth-order valence-corrected chi connectivity index (χ4v) is 2.76. The van der Waals surface area contributed by atoms with E-state index in [1.165, 1.54) is 18.8 Å². The maximum absolute atomic E-state index is 12.8. The van der Waals surface area contributed by atoms with E-state index in [0.717, 1.165) is 0 Å². The number of carbonyl (C=O) groups excluding carboxylic acids is 2. The zero-order valence-corrected chi connectivity index (χ0v) is 16.2. The van der Waals surface area contributed by atoms with Gasteiger partial charge in [0.1, 0.15) is 5.75 Å². The number of ether oxygens (including phenoxy) is 1. The van der Waals surface area contributed by atoms with E-state index >= 15 is 0 Å². The summed E-state index contributed by atoms with van der Waals surface area (Å²) in [5.74, 6) is -0.228. The van der Waals surface area contributed by atoms with Gasteiger partial charge in [-0.1, -0.05) is 17.7 Å². The number of hydrogen-bond donors (Lipinski definition) is 2. The van der Waals surface area contributed by atoms with Gasteiger partial charge in [-0.3, -0.25) is 9.59 Å². The number of halogens is 1. The number of amides is 2. The first-order chi connectivity index (χ1) is 13.4. The van der Waals surface area contributed by atoms with E-state index in [0.29, 0.717) is 33.5 Å². The second kappa shape index (κ2) is 8.10. The van der Waals surface area contributed by atoms with Crippen LogP contribution in [-0.4, -0.2) is 33.9 Å². The van der Waals surface area contributed by atoms with Crippen LogP contribution in [0.5, 0.6) is 5.75 Å². The Bertz CT molecular complexity index is 1050. The van der Waals surface area contributed by atoms with Crippen LogP contribution in [0.25, 0.3) is 5.69 Å². The molecular formula is C19H18ClN5O3. The number of nitrogens with one attached hydrogen (secondary N) is 2. The fraction of sp³-hybridized carbons (Fsp3) is 0.158.